The third-order valence-corrected chi connectivity index (χ3v) is 4.76. The second kappa shape index (κ2) is 8.58. The predicted molar refractivity (Wildman–Crippen MR) is 108 cm³/mol. The lowest BCUT2D eigenvalue weighted by molar-refractivity contribution is -0.138. The molecule has 0 saturated heterocycles. The summed E-state index contributed by atoms with van der Waals surface area (Å²) in [6.07, 6.45) is -4.81. The number of carbonyl (C=O) groups excluding carboxylic acids is 1. The number of hydrogen-bond donors (Lipinski definition) is 3. The van der Waals surface area contributed by atoms with Crippen molar-refractivity contribution in [3.8, 4) is 17.6 Å². The molecule has 3 N–H and O–H groups in total. The van der Waals surface area contributed by atoms with Crippen LogP contribution in [0.15, 0.2) is 60.7 Å². The molecule has 0 aliphatic carbocycles. The number of amides is 1. The van der Waals surface area contributed by atoms with Crippen LogP contribution in [-0.2, 0) is 6.18 Å². The van der Waals surface area contributed by atoms with Crippen LogP contribution in [0.25, 0.3) is 0 Å². The summed E-state index contributed by atoms with van der Waals surface area (Å²) in [6, 6.07) is 14.4. The van der Waals surface area contributed by atoms with Gasteiger partial charge in [-0.05, 0) is 47.5 Å². The number of benzene rings is 3. The molecule has 9 heteroatoms. The van der Waals surface area contributed by atoms with Crippen LogP contribution in [0.3, 0.4) is 0 Å². The van der Waals surface area contributed by atoms with Crippen molar-refractivity contribution in [2.75, 3.05) is 5.32 Å². The highest BCUT2D eigenvalue weighted by Crippen LogP contribution is 2.39. The van der Waals surface area contributed by atoms with Crippen LogP contribution in [-0.4, -0.2) is 16.1 Å². The van der Waals surface area contributed by atoms with Gasteiger partial charge in [-0.3, -0.25) is 4.79 Å². The highest BCUT2D eigenvalue weighted by Gasteiger charge is 2.36. The molecular weight excluding hydrogens is 433 g/mol. The number of alkyl halides is 3. The van der Waals surface area contributed by atoms with Gasteiger partial charge in [-0.25, -0.2) is 0 Å². The first-order valence-corrected chi connectivity index (χ1v) is 9.18. The summed E-state index contributed by atoms with van der Waals surface area (Å²) in [5, 5.41) is 31.7. The van der Waals surface area contributed by atoms with Crippen LogP contribution in [0.4, 0.5) is 18.9 Å². The van der Waals surface area contributed by atoms with Crippen molar-refractivity contribution in [3.05, 3.63) is 87.9 Å². The molecule has 3 aromatic rings. The SMILES string of the molecule is N#CC(c1ccc(Cl)cc1)c1ccc(NC(=O)c2c(O)cccc2O)cc1C(F)(F)F. The zero-order chi connectivity index (χ0) is 22.8. The van der Waals surface area contributed by atoms with Crippen molar-refractivity contribution in [1.29, 1.82) is 5.26 Å². The Labute approximate surface area is 179 Å². The molecule has 0 spiro atoms. The van der Waals surface area contributed by atoms with Gasteiger partial charge in [0.25, 0.3) is 5.91 Å². The van der Waals surface area contributed by atoms with E-state index in [1.165, 1.54) is 36.4 Å². The van der Waals surface area contributed by atoms with Crippen LogP contribution < -0.4 is 5.32 Å². The molecule has 0 aliphatic rings. The number of halogens is 4. The summed E-state index contributed by atoms with van der Waals surface area (Å²) in [7, 11) is 0. The van der Waals surface area contributed by atoms with Crippen LogP contribution in [0.2, 0.25) is 5.02 Å². The van der Waals surface area contributed by atoms with E-state index in [1.807, 2.05) is 6.07 Å². The molecule has 0 fully saturated rings. The predicted octanol–water partition coefficient (Wildman–Crippen LogP) is 5.68. The first-order chi connectivity index (χ1) is 14.6. The highest BCUT2D eigenvalue weighted by molar-refractivity contribution is 6.30. The first-order valence-electron chi connectivity index (χ1n) is 8.80. The van der Waals surface area contributed by atoms with E-state index in [0.29, 0.717) is 16.7 Å². The Kier molecular flexibility index (Phi) is 6.09. The Morgan fingerprint density at radius 3 is 2.19 bits per heavy atom. The summed E-state index contributed by atoms with van der Waals surface area (Å²) < 4.78 is 41.3. The summed E-state index contributed by atoms with van der Waals surface area (Å²) >= 11 is 5.81. The van der Waals surface area contributed by atoms with E-state index in [-0.39, 0.29) is 11.3 Å². The number of aromatic hydroxyl groups is 2. The minimum Gasteiger partial charge on any atom is -0.507 e. The quantitative estimate of drug-likeness (QED) is 0.480. The zero-order valence-corrected chi connectivity index (χ0v) is 16.4. The average Bonchev–Trinajstić information content (AvgIpc) is 2.70. The van der Waals surface area contributed by atoms with E-state index in [9.17, 15) is 33.4 Å². The normalized spacial score (nSPS) is 12.1. The van der Waals surface area contributed by atoms with E-state index in [1.54, 1.807) is 0 Å². The lowest BCUT2D eigenvalue weighted by atomic mass is 9.88. The van der Waals surface area contributed by atoms with Gasteiger partial charge >= 0.3 is 6.18 Å². The fourth-order valence-electron chi connectivity index (χ4n) is 3.06. The number of carbonyl (C=O) groups is 1. The molecule has 3 aromatic carbocycles. The van der Waals surface area contributed by atoms with Gasteiger partial charge in [0.1, 0.15) is 17.1 Å². The molecular formula is C22H14ClF3N2O3. The molecule has 1 unspecified atom stereocenters. The molecule has 1 atom stereocenters. The third-order valence-electron chi connectivity index (χ3n) is 4.51. The molecule has 0 radical (unpaired) electrons. The molecule has 0 saturated carbocycles. The molecule has 0 bridgehead atoms. The third kappa shape index (κ3) is 4.73. The summed E-state index contributed by atoms with van der Waals surface area (Å²) in [4.78, 5) is 12.4. The standard InChI is InChI=1S/C22H14ClF3N2O3/c23-13-6-4-12(5-7-13)16(11-27)15-9-8-14(10-17(15)22(24,25)26)28-21(31)20-18(29)2-1-3-19(20)30/h1-10,16,29-30H,(H,28,31). The molecule has 3 rings (SSSR count). The van der Waals surface area contributed by atoms with Gasteiger partial charge in [0.15, 0.2) is 0 Å². The van der Waals surface area contributed by atoms with Crippen molar-refractivity contribution in [2.24, 2.45) is 0 Å². The number of nitriles is 1. The molecule has 31 heavy (non-hydrogen) atoms. The Hall–Kier alpha value is -3.70. The molecule has 5 nitrogen and oxygen atoms in total. The smallest absolute Gasteiger partial charge is 0.416 e. The summed E-state index contributed by atoms with van der Waals surface area (Å²) in [5.74, 6) is -3.28. The van der Waals surface area contributed by atoms with Gasteiger partial charge in [-0.1, -0.05) is 35.9 Å². The Morgan fingerprint density at radius 2 is 1.65 bits per heavy atom. The van der Waals surface area contributed by atoms with Crippen LogP contribution in [0.5, 0.6) is 11.5 Å². The second-order valence-corrected chi connectivity index (χ2v) is 6.98. The van der Waals surface area contributed by atoms with Crippen LogP contribution in [0, 0.1) is 11.3 Å². The maximum absolute atomic E-state index is 13.8. The number of phenols is 2. The molecule has 158 valence electrons. The number of nitrogens with one attached hydrogen (secondary N) is 1. The van der Waals surface area contributed by atoms with Gasteiger partial charge in [0.2, 0.25) is 0 Å². The van der Waals surface area contributed by atoms with E-state index >= 15 is 0 Å². The Balaban J connectivity index is 2.02. The minimum atomic E-state index is -4.81. The first kappa shape index (κ1) is 22.0. The van der Waals surface area contributed by atoms with Crippen molar-refractivity contribution < 1.29 is 28.2 Å². The Morgan fingerprint density at radius 1 is 1.03 bits per heavy atom. The lowest BCUT2D eigenvalue weighted by Gasteiger charge is -2.19. The maximum Gasteiger partial charge on any atom is 0.416 e. The number of hydrogen-bond acceptors (Lipinski definition) is 4. The Bertz CT molecular complexity index is 1150. The van der Waals surface area contributed by atoms with Gasteiger partial charge in [-0.15, -0.1) is 0 Å². The molecule has 0 aromatic heterocycles. The maximum atomic E-state index is 13.8. The largest absolute Gasteiger partial charge is 0.507 e. The second-order valence-electron chi connectivity index (χ2n) is 6.54. The minimum absolute atomic E-state index is 0.225. The number of anilines is 1. The van der Waals surface area contributed by atoms with Crippen LogP contribution >= 0.6 is 11.6 Å². The van der Waals surface area contributed by atoms with E-state index in [0.717, 1.165) is 18.2 Å². The summed E-state index contributed by atoms with van der Waals surface area (Å²) in [6.45, 7) is 0. The molecule has 0 aliphatic heterocycles. The number of phenolic OH excluding ortho intramolecular Hbond substituents is 2. The average molecular weight is 447 g/mol. The van der Waals surface area contributed by atoms with Crippen molar-refractivity contribution in [2.45, 2.75) is 12.1 Å². The van der Waals surface area contributed by atoms with Crippen molar-refractivity contribution >= 4 is 23.2 Å². The van der Waals surface area contributed by atoms with E-state index in [2.05, 4.69) is 5.32 Å². The van der Waals surface area contributed by atoms with Gasteiger partial charge in [0.05, 0.1) is 17.6 Å². The number of rotatable bonds is 4. The molecule has 0 heterocycles. The lowest BCUT2D eigenvalue weighted by Crippen LogP contribution is -2.16. The van der Waals surface area contributed by atoms with E-state index < -0.39 is 40.6 Å². The fourth-order valence-corrected chi connectivity index (χ4v) is 3.19. The zero-order valence-electron chi connectivity index (χ0n) is 15.6. The topological polar surface area (TPSA) is 93.4 Å². The van der Waals surface area contributed by atoms with Gasteiger partial charge < -0.3 is 15.5 Å². The van der Waals surface area contributed by atoms with E-state index in [4.69, 9.17) is 11.6 Å². The monoisotopic (exact) mass is 446 g/mol. The van der Waals surface area contributed by atoms with Crippen molar-refractivity contribution in [1.82, 2.24) is 0 Å². The fraction of sp³-hybridized carbons (Fsp3) is 0.0909. The highest BCUT2D eigenvalue weighted by atomic mass is 35.5. The van der Waals surface area contributed by atoms with Gasteiger partial charge in [-0.2, -0.15) is 18.4 Å². The number of nitrogens with zero attached hydrogens (tertiary/aromatic N) is 1. The van der Waals surface area contributed by atoms with Gasteiger partial charge in [0, 0.05) is 10.7 Å². The van der Waals surface area contributed by atoms with Crippen LogP contribution in [0.1, 0.15) is 33.0 Å². The molecule has 1 amide bonds. The van der Waals surface area contributed by atoms with Crippen molar-refractivity contribution in [3.63, 3.8) is 0 Å². The summed E-state index contributed by atoms with van der Waals surface area (Å²) in [5.41, 5.74) is -1.77.